The molecule has 0 bridgehead atoms. The number of benzene rings is 3. The average Bonchev–Trinajstić information content (AvgIpc) is 2.95. The van der Waals surface area contributed by atoms with E-state index in [0.717, 1.165) is 21.2 Å². The van der Waals surface area contributed by atoms with Gasteiger partial charge in [-0.2, -0.15) is 0 Å². The van der Waals surface area contributed by atoms with Gasteiger partial charge in [-0.3, -0.25) is 19.5 Å². The van der Waals surface area contributed by atoms with Crippen molar-refractivity contribution in [1.82, 2.24) is 9.13 Å². The molecule has 3 aromatic carbocycles. The summed E-state index contributed by atoms with van der Waals surface area (Å²) in [5, 5.41) is 0. The van der Waals surface area contributed by atoms with E-state index in [2.05, 4.69) is 21.4 Å². The fourth-order valence-electron chi connectivity index (χ4n) is 3.10. The van der Waals surface area contributed by atoms with Crippen LogP contribution in [0.5, 0.6) is 0 Å². The zero-order valence-electron chi connectivity index (χ0n) is 14.0. The second-order valence-corrected chi connectivity index (χ2v) is 6.66. The van der Waals surface area contributed by atoms with Crippen LogP contribution in [0.15, 0.2) is 82.1 Å². The molecule has 0 saturated heterocycles. The number of para-hydroxylation sites is 3. The first-order valence-corrected chi connectivity index (χ1v) is 8.87. The Kier molecular flexibility index (Phi) is 4.36. The molecule has 26 heavy (non-hydrogen) atoms. The monoisotopic (exact) mass is 409 g/mol. The third-order valence-electron chi connectivity index (χ3n) is 4.17. The van der Waals surface area contributed by atoms with E-state index in [1.165, 1.54) is 0 Å². The van der Waals surface area contributed by atoms with Crippen molar-refractivity contribution in [2.45, 2.75) is 0 Å². The highest BCUT2D eigenvalue weighted by atomic mass is 79.9. The van der Waals surface area contributed by atoms with E-state index < -0.39 is 0 Å². The maximum absolute atomic E-state index is 13.4. The Labute approximate surface area is 158 Å². The van der Waals surface area contributed by atoms with Gasteiger partial charge in [0.1, 0.15) is 0 Å². The van der Waals surface area contributed by atoms with Gasteiger partial charge in [0.2, 0.25) is 0 Å². The normalized spacial score (nSPS) is 11.0. The van der Waals surface area contributed by atoms with Crippen molar-refractivity contribution in [2.24, 2.45) is 0 Å². The topological polar surface area (TPSA) is 48.2 Å². The van der Waals surface area contributed by atoms with Crippen molar-refractivity contribution in [3.8, 4) is 11.4 Å². The number of imidazole rings is 1. The molecule has 1 N–H and O–H groups in total. The molecular formula is C20H16BrN3O2. The lowest BCUT2D eigenvalue weighted by Gasteiger charge is -2.12. The van der Waals surface area contributed by atoms with E-state index >= 15 is 0 Å². The number of anilines is 1. The Morgan fingerprint density at radius 3 is 2.23 bits per heavy atom. The highest BCUT2D eigenvalue weighted by Gasteiger charge is 2.17. The summed E-state index contributed by atoms with van der Waals surface area (Å²) in [6, 6.07) is 23.0. The number of hydrogen-bond donors (Lipinski definition) is 1. The van der Waals surface area contributed by atoms with Crippen LogP contribution in [-0.2, 0) is 4.84 Å². The summed E-state index contributed by atoms with van der Waals surface area (Å²) >= 11 is 3.46. The molecule has 130 valence electrons. The maximum Gasteiger partial charge on any atom is 0.338 e. The second-order valence-electron chi connectivity index (χ2n) is 5.75. The molecule has 0 spiro atoms. The predicted octanol–water partition coefficient (Wildman–Crippen LogP) is 4.52. The molecule has 5 nitrogen and oxygen atoms in total. The summed E-state index contributed by atoms with van der Waals surface area (Å²) in [5.41, 5.74) is 6.62. The lowest BCUT2D eigenvalue weighted by molar-refractivity contribution is 0.271. The summed E-state index contributed by atoms with van der Waals surface area (Å²) in [4.78, 5) is 18.5. The molecule has 0 atom stereocenters. The second kappa shape index (κ2) is 6.82. The highest BCUT2D eigenvalue weighted by molar-refractivity contribution is 9.10. The molecular weight excluding hydrogens is 394 g/mol. The smallest absolute Gasteiger partial charge is 0.279 e. The van der Waals surface area contributed by atoms with E-state index in [0.29, 0.717) is 11.4 Å². The Morgan fingerprint density at radius 2 is 1.54 bits per heavy atom. The van der Waals surface area contributed by atoms with E-state index in [4.69, 9.17) is 4.84 Å². The fourth-order valence-corrected chi connectivity index (χ4v) is 3.46. The number of fused-ring (bicyclic) bond motifs is 1. The van der Waals surface area contributed by atoms with Gasteiger partial charge in [-0.25, -0.2) is 4.79 Å². The lowest BCUT2D eigenvalue weighted by Crippen LogP contribution is -2.22. The Bertz CT molecular complexity index is 1130. The van der Waals surface area contributed by atoms with Gasteiger partial charge in [-0.05, 0) is 42.5 Å². The average molecular weight is 410 g/mol. The van der Waals surface area contributed by atoms with Crippen molar-refractivity contribution in [3.05, 3.63) is 87.8 Å². The standard InChI is InChI=1S/C20H16BrN3O2/c1-26-22-16-13-14(21)11-12-17(16)24-19-10-6-5-9-18(19)23(20(24)25)15-7-3-2-4-8-15/h2-13,22H,1H3. The van der Waals surface area contributed by atoms with E-state index in [9.17, 15) is 4.79 Å². The largest absolute Gasteiger partial charge is 0.338 e. The van der Waals surface area contributed by atoms with Crippen LogP contribution >= 0.6 is 15.9 Å². The van der Waals surface area contributed by atoms with Crippen molar-refractivity contribution < 1.29 is 4.84 Å². The summed E-state index contributed by atoms with van der Waals surface area (Å²) in [6.45, 7) is 0. The van der Waals surface area contributed by atoms with Crippen molar-refractivity contribution in [3.63, 3.8) is 0 Å². The highest BCUT2D eigenvalue weighted by Crippen LogP contribution is 2.28. The van der Waals surface area contributed by atoms with Crippen LogP contribution in [-0.4, -0.2) is 16.2 Å². The SMILES string of the molecule is CONc1cc(Br)ccc1-n1c(=O)n(-c2ccccc2)c2ccccc21. The summed E-state index contributed by atoms with van der Waals surface area (Å²) < 4.78 is 4.30. The number of nitrogens with zero attached hydrogens (tertiary/aromatic N) is 2. The van der Waals surface area contributed by atoms with Crippen LogP contribution in [0.2, 0.25) is 0 Å². The molecule has 0 fully saturated rings. The molecule has 4 rings (SSSR count). The van der Waals surface area contributed by atoms with Gasteiger partial charge in [0.05, 0.1) is 35.2 Å². The van der Waals surface area contributed by atoms with Gasteiger partial charge in [0.15, 0.2) is 0 Å². The number of nitrogens with one attached hydrogen (secondary N) is 1. The number of hydrogen-bond acceptors (Lipinski definition) is 3. The zero-order chi connectivity index (χ0) is 18.1. The van der Waals surface area contributed by atoms with Crippen LogP contribution < -0.4 is 11.2 Å². The molecule has 0 saturated carbocycles. The van der Waals surface area contributed by atoms with Crippen LogP contribution in [0.25, 0.3) is 22.4 Å². The first-order chi connectivity index (χ1) is 12.7. The van der Waals surface area contributed by atoms with Gasteiger partial charge < -0.3 is 0 Å². The van der Waals surface area contributed by atoms with Crippen LogP contribution in [0.3, 0.4) is 0 Å². The molecule has 1 aromatic heterocycles. The summed E-state index contributed by atoms with van der Waals surface area (Å²) in [5.74, 6) is 0. The lowest BCUT2D eigenvalue weighted by atomic mass is 10.2. The van der Waals surface area contributed by atoms with Crippen molar-refractivity contribution in [2.75, 3.05) is 12.6 Å². The minimum Gasteiger partial charge on any atom is -0.279 e. The Hall–Kier alpha value is -2.83. The van der Waals surface area contributed by atoms with Gasteiger partial charge in [0.25, 0.3) is 0 Å². The molecule has 0 aliphatic rings. The molecule has 0 aliphatic heterocycles. The minimum absolute atomic E-state index is 0.140. The van der Waals surface area contributed by atoms with Crippen LogP contribution in [0.4, 0.5) is 5.69 Å². The quantitative estimate of drug-likeness (QED) is 0.504. The zero-order valence-corrected chi connectivity index (χ0v) is 15.6. The Balaban J connectivity index is 2.07. The third-order valence-corrected chi connectivity index (χ3v) is 4.67. The van der Waals surface area contributed by atoms with E-state index in [1.54, 1.807) is 16.2 Å². The molecule has 1 heterocycles. The van der Waals surface area contributed by atoms with E-state index in [-0.39, 0.29) is 5.69 Å². The number of halogens is 1. The van der Waals surface area contributed by atoms with E-state index in [1.807, 2.05) is 72.8 Å². The Morgan fingerprint density at radius 1 is 0.885 bits per heavy atom. The van der Waals surface area contributed by atoms with Crippen LogP contribution in [0, 0.1) is 0 Å². The number of aromatic nitrogens is 2. The third kappa shape index (κ3) is 2.73. The molecule has 0 amide bonds. The summed E-state index contributed by atoms with van der Waals surface area (Å²) in [6.07, 6.45) is 0. The first-order valence-electron chi connectivity index (χ1n) is 8.07. The van der Waals surface area contributed by atoms with Gasteiger partial charge in [-0.1, -0.05) is 46.3 Å². The van der Waals surface area contributed by atoms with Gasteiger partial charge >= 0.3 is 5.69 Å². The minimum atomic E-state index is -0.140. The summed E-state index contributed by atoms with van der Waals surface area (Å²) in [7, 11) is 1.54. The van der Waals surface area contributed by atoms with Crippen molar-refractivity contribution >= 4 is 32.7 Å². The molecule has 0 unspecified atom stereocenters. The van der Waals surface area contributed by atoms with Crippen LogP contribution in [0.1, 0.15) is 0 Å². The molecule has 0 radical (unpaired) electrons. The molecule has 0 aliphatic carbocycles. The first kappa shape index (κ1) is 16.6. The molecule has 6 heteroatoms. The molecule has 4 aromatic rings. The fraction of sp³-hybridized carbons (Fsp3) is 0.0500. The van der Waals surface area contributed by atoms with Crippen molar-refractivity contribution in [1.29, 1.82) is 0 Å². The maximum atomic E-state index is 13.4. The van der Waals surface area contributed by atoms with Gasteiger partial charge in [0, 0.05) is 4.47 Å². The predicted molar refractivity (Wildman–Crippen MR) is 107 cm³/mol. The number of rotatable bonds is 4. The van der Waals surface area contributed by atoms with Gasteiger partial charge in [-0.15, -0.1) is 0 Å².